The molecule has 10 heteroatoms. The predicted octanol–water partition coefficient (Wildman–Crippen LogP) is 3.50. The van der Waals surface area contributed by atoms with Crippen LogP contribution in [0.25, 0.3) is 0 Å². The SMILES string of the molecule is CC1CCCCN1C(=O)CN1C(=O)N(c2cc(F)ccc2F)S(=O)(=O)c2ccccc21. The Labute approximate surface area is 178 Å². The van der Waals surface area contributed by atoms with E-state index in [-0.39, 0.29) is 26.8 Å². The first-order valence-electron chi connectivity index (χ1n) is 9.92. The van der Waals surface area contributed by atoms with Gasteiger partial charge in [0.15, 0.2) is 0 Å². The van der Waals surface area contributed by atoms with Crippen molar-refractivity contribution in [2.24, 2.45) is 0 Å². The second kappa shape index (κ2) is 7.92. The van der Waals surface area contributed by atoms with Crippen LogP contribution >= 0.6 is 0 Å². The number of rotatable bonds is 3. The van der Waals surface area contributed by atoms with E-state index in [2.05, 4.69) is 0 Å². The third-order valence-electron chi connectivity index (χ3n) is 5.62. The third-order valence-corrected chi connectivity index (χ3v) is 7.36. The van der Waals surface area contributed by atoms with Gasteiger partial charge in [-0.1, -0.05) is 12.1 Å². The summed E-state index contributed by atoms with van der Waals surface area (Å²) in [6, 6.07) is 6.76. The molecule has 0 saturated carbocycles. The summed E-state index contributed by atoms with van der Waals surface area (Å²) in [6.07, 6.45) is 2.68. The molecule has 2 aliphatic heterocycles. The maximum Gasteiger partial charge on any atom is 0.343 e. The number of amides is 3. The van der Waals surface area contributed by atoms with Crippen LogP contribution in [0.1, 0.15) is 26.2 Å². The minimum atomic E-state index is -4.52. The summed E-state index contributed by atoms with van der Waals surface area (Å²) < 4.78 is 54.8. The van der Waals surface area contributed by atoms with Gasteiger partial charge in [-0.2, -0.15) is 4.31 Å². The fraction of sp³-hybridized carbons (Fsp3) is 0.333. The number of hydrogen-bond acceptors (Lipinski definition) is 4. The van der Waals surface area contributed by atoms with Crippen molar-refractivity contribution in [1.82, 2.24) is 4.90 Å². The van der Waals surface area contributed by atoms with Crippen LogP contribution in [-0.4, -0.2) is 44.4 Å². The highest BCUT2D eigenvalue weighted by atomic mass is 32.2. The van der Waals surface area contributed by atoms with E-state index in [1.54, 1.807) is 11.0 Å². The van der Waals surface area contributed by atoms with Gasteiger partial charge < -0.3 is 4.90 Å². The number of hydrogen-bond donors (Lipinski definition) is 0. The van der Waals surface area contributed by atoms with Crippen LogP contribution in [0.5, 0.6) is 0 Å². The summed E-state index contributed by atoms with van der Waals surface area (Å²) in [4.78, 5) is 28.7. The van der Waals surface area contributed by atoms with Gasteiger partial charge in [0, 0.05) is 18.7 Å². The zero-order valence-electron chi connectivity index (χ0n) is 16.8. The van der Waals surface area contributed by atoms with Crippen LogP contribution in [-0.2, 0) is 14.8 Å². The molecule has 1 unspecified atom stereocenters. The monoisotopic (exact) mass is 449 g/mol. The standard InChI is InChI=1S/C21H21F2N3O4S/c1-14-6-4-5-11-24(14)20(27)13-25-17-7-2-3-8-19(17)31(29,30)26(21(25)28)18-12-15(22)9-10-16(18)23/h2-3,7-10,12,14H,4-6,11,13H2,1H3. The second-order valence-corrected chi connectivity index (χ2v) is 9.39. The molecule has 2 aromatic rings. The summed E-state index contributed by atoms with van der Waals surface area (Å²) in [5.41, 5.74) is -0.707. The minimum Gasteiger partial charge on any atom is -0.338 e. The van der Waals surface area contributed by atoms with Crippen molar-refractivity contribution >= 4 is 33.3 Å². The lowest BCUT2D eigenvalue weighted by Crippen LogP contribution is -2.55. The number of carbonyl (C=O) groups excluding carboxylic acids is 2. The number of piperidine rings is 1. The number of anilines is 2. The number of urea groups is 1. The van der Waals surface area contributed by atoms with Gasteiger partial charge in [0.1, 0.15) is 28.8 Å². The zero-order valence-corrected chi connectivity index (χ0v) is 17.6. The van der Waals surface area contributed by atoms with Gasteiger partial charge >= 0.3 is 6.03 Å². The first-order chi connectivity index (χ1) is 14.7. The zero-order chi connectivity index (χ0) is 22.3. The first kappa shape index (κ1) is 21.2. The molecule has 0 bridgehead atoms. The Morgan fingerprint density at radius 3 is 2.58 bits per heavy atom. The molecule has 0 spiro atoms. The minimum absolute atomic E-state index is 0.00288. The Morgan fingerprint density at radius 1 is 1.10 bits per heavy atom. The van der Waals surface area contributed by atoms with Gasteiger partial charge in [-0.15, -0.1) is 0 Å². The van der Waals surface area contributed by atoms with E-state index in [1.807, 2.05) is 6.92 Å². The van der Waals surface area contributed by atoms with Crippen molar-refractivity contribution in [3.63, 3.8) is 0 Å². The van der Waals surface area contributed by atoms with Crippen molar-refractivity contribution in [2.75, 3.05) is 22.3 Å². The van der Waals surface area contributed by atoms with E-state index in [1.165, 1.54) is 18.2 Å². The van der Waals surface area contributed by atoms with Crippen molar-refractivity contribution in [2.45, 2.75) is 37.1 Å². The Hall–Kier alpha value is -3.01. The summed E-state index contributed by atoms with van der Waals surface area (Å²) in [5, 5.41) is 0. The normalized spacial score (nSPS) is 20.5. The molecule has 0 N–H and O–H groups in total. The number of fused-ring (bicyclic) bond motifs is 1. The summed E-state index contributed by atoms with van der Waals surface area (Å²) in [7, 11) is -4.52. The molecule has 2 heterocycles. The summed E-state index contributed by atoms with van der Waals surface area (Å²) in [5.74, 6) is -2.31. The van der Waals surface area contributed by atoms with Gasteiger partial charge in [-0.05, 0) is 50.5 Å². The maximum absolute atomic E-state index is 14.5. The van der Waals surface area contributed by atoms with E-state index >= 15 is 0 Å². The second-order valence-electron chi connectivity index (χ2n) is 7.63. The van der Waals surface area contributed by atoms with Gasteiger partial charge in [0.25, 0.3) is 10.0 Å². The highest BCUT2D eigenvalue weighted by molar-refractivity contribution is 7.94. The lowest BCUT2D eigenvalue weighted by Gasteiger charge is -2.38. The summed E-state index contributed by atoms with van der Waals surface area (Å²) >= 11 is 0. The van der Waals surface area contributed by atoms with E-state index in [0.29, 0.717) is 12.6 Å². The molecule has 3 amide bonds. The van der Waals surface area contributed by atoms with Crippen LogP contribution in [0.4, 0.5) is 25.0 Å². The Morgan fingerprint density at radius 2 is 1.84 bits per heavy atom. The highest BCUT2D eigenvalue weighted by Gasteiger charge is 2.44. The third kappa shape index (κ3) is 3.65. The maximum atomic E-state index is 14.5. The van der Waals surface area contributed by atoms with Crippen molar-refractivity contribution in [3.05, 3.63) is 54.1 Å². The lowest BCUT2D eigenvalue weighted by atomic mass is 10.0. The quantitative estimate of drug-likeness (QED) is 0.719. The fourth-order valence-electron chi connectivity index (χ4n) is 4.03. The van der Waals surface area contributed by atoms with Gasteiger partial charge in [-0.3, -0.25) is 9.69 Å². The van der Waals surface area contributed by atoms with Gasteiger partial charge in [0.2, 0.25) is 5.91 Å². The van der Waals surface area contributed by atoms with Crippen molar-refractivity contribution in [3.8, 4) is 0 Å². The number of benzene rings is 2. The largest absolute Gasteiger partial charge is 0.343 e. The molecule has 164 valence electrons. The molecule has 1 saturated heterocycles. The average Bonchev–Trinajstić information content (AvgIpc) is 2.74. The smallest absolute Gasteiger partial charge is 0.338 e. The number of carbonyl (C=O) groups is 2. The molecule has 0 aromatic heterocycles. The molecule has 0 radical (unpaired) electrons. The molecule has 1 fully saturated rings. The van der Waals surface area contributed by atoms with E-state index in [0.717, 1.165) is 36.3 Å². The summed E-state index contributed by atoms with van der Waals surface area (Å²) in [6.45, 7) is 2.05. The molecule has 7 nitrogen and oxygen atoms in total. The van der Waals surface area contributed by atoms with Gasteiger partial charge in [-0.25, -0.2) is 22.0 Å². The predicted molar refractivity (Wildman–Crippen MR) is 110 cm³/mol. The number of halogens is 2. The van der Waals surface area contributed by atoms with Crippen LogP contribution in [0.15, 0.2) is 47.4 Å². The van der Waals surface area contributed by atoms with Crippen LogP contribution in [0.3, 0.4) is 0 Å². The lowest BCUT2D eigenvalue weighted by molar-refractivity contribution is -0.132. The molecule has 31 heavy (non-hydrogen) atoms. The molecular formula is C21H21F2N3O4S. The van der Waals surface area contributed by atoms with Crippen molar-refractivity contribution < 1.29 is 26.8 Å². The fourth-order valence-corrected chi connectivity index (χ4v) is 5.63. The Kier molecular flexibility index (Phi) is 5.42. The van der Waals surface area contributed by atoms with Gasteiger partial charge in [0.05, 0.1) is 5.69 Å². The molecule has 2 aliphatic rings. The Bertz CT molecular complexity index is 1160. The highest BCUT2D eigenvalue weighted by Crippen LogP contribution is 2.38. The van der Waals surface area contributed by atoms with E-state index in [4.69, 9.17) is 0 Å². The van der Waals surface area contributed by atoms with E-state index in [9.17, 15) is 26.8 Å². The number of sulfonamides is 1. The topological polar surface area (TPSA) is 78.0 Å². The van der Waals surface area contributed by atoms with Crippen LogP contribution in [0.2, 0.25) is 0 Å². The number of nitrogens with zero attached hydrogens (tertiary/aromatic N) is 3. The number of likely N-dealkylation sites (tertiary alicyclic amines) is 1. The average molecular weight is 449 g/mol. The van der Waals surface area contributed by atoms with Crippen LogP contribution < -0.4 is 9.21 Å². The molecule has 4 rings (SSSR count). The molecule has 0 aliphatic carbocycles. The molecule has 2 aromatic carbocycles. The Balaban J connectivity index is 1.79. The molecule has 1 atom stereocenters. The van der Waals surface area contributed by atoms with Crippen LogP contribution in [0, 0.1) is 11.6 Å². The van der Waals surface area contributed by atoms with E-state index < -0.39 is 39.9 Å². The number of para-hydroxylation sites is 1. The van der Waals surface area contributed by atoms with Crippen molar-refractivity contribution in [1.29, 1.82) is 0 Å². The first-order valence-corrected chi connectivity index (χ1v) is 11.4. The molecular weight excluding hydrogens is 428 g/mol.